The molecule has 0 bridgehead atoms. The van der Waals surface area contributed by atoms with E-state index in [1.54, 1.807) is 25.2 Å². The Labute approximate surface area is 196 Å². The van der Waals surface area contributed by atoms with Crippen LogP contribution in [0.2, 0.25) is 0 Å². The van der Waals surface area contributed by atoms with E-state index in [4.69, 9.17) is 14.2 Å². The van der Waals surface area contributed by atoms with Gasteiger partial charge in [0.05, 0.1) is 31.8 Å². The molecule has 0 N–H and O–H groups in total. The fourth-order valence-corrected chi connectivity index (χ4v) is 5.81. The first kappa shape index (κ1) is 21.9. The molecule has 0 radical (unpaired) electrons. The topological polar surface area (TPSA) is 90.9 Å². The molecule has 0 spiro atoms. The van der Waals surface area contributed by atoms with E-state index in [-0.39, 0.29) is 35.4 Å². The number of amides is 1. The lowest BCUT2D eigenvalue weighted by atomic mass is 9.77. The van der Waals surface area contributed by atoms with Crippen LogP contribution in [0.1, 0.15) is 62.1 Å². The van der Waals surface area contributed by atoms with Gasteiger partial charge in [0.25, 0.3) is 5.91 Å². The number of aromatic nitrogens is 2. The summed E-state index contributed by atoms with van der Waals surface area (Å²) in [6, 6.07) is 4.79. The van der Waals surface area contributed by atoms with Crippen LogP contribution in [0.5, 0.6) is 11.5 Å². The fraction of sp³-hybridized carbons (Fsp3) is 0.500. The predicted octanol–water partition coefficient (Wildman–Crippen LogP) is 4.18. The Balaban J connectivity index is 1.65. The second kappa shape index (κ2) is 8.44. The minimum Gasteiger partial charge on any atom is -0.493 e. The van der Waals surface area contributed by atoms with E-state index in [0.29, 0.717) is 22.2 Å². The number of fused-ring (bicyclic) bond motifs is 1. The minimum atomic E-state index is -0.657. The van der Waals surface area contributed by atoms with Gasteiger partial charge in [0.15, 0.2) is 23.0 Å². The van der Waals surface area contributed by atoms with Gasteiger partial charge >= 0.3 is 0 Å². The van der Waals surface area contributed by atoms with Gasteiger partial charge in [-0.2, -0.15) is 0 Å². The van der Waals surface area contributed by atoms with E-state index in [1.165, 1.54) is 11.3 Å². The van der Waals surface area contributed by atoms with Gasteiger partial charge in [0.1, 0.15) is 11.1 Å². The van der Waals surface area contributed by atoms with E-state index in [9.17, 15) is 9.59 Å². The van der Waals surface area contributed by atoms with Gasteiger partial charge in [0.2, 0.25) is 5.13 Å². The summed E-state index contributed by atoms with van der Waals surface area (Å²) in [5.41, 5.74) is 1.15. The smallest absolute Gasteiger partial charge is 0.296 e. The van der Waals surface area contributed by atoms with Crippen LogP contribution in [0.15, 0.2) is 29.5 Å². The second-order valence-corrected chi connectivity index (χ2v) is 9.91. The molecule has 1 aliphatic carbocycles. The van der Waals surface area contributed by atoms with Crippen LogP contribution in [-0.2, 0) is 14.3 Å². The third kappa shape index (κ3) is 3.49. The number of anilines is 1. The summed E-state index contributed by atoms with van der Waals surface area (Å²) < 4.78 is 17.1. The molecule has 1 aromatic carbocycles. The first-order valence-corrected chi connectivity index (χ1v) is 12.1. The maximum Gasteiger partial charge on any atom is 0.296 e. The van der Waals surface area contributed by atoms with Crippen molar-refractivity contribution in [3.63, 3.8) is 0 Å². The van der Waals surface area contributed by atoms with Gasteiger partial charge in [-0.1, -0.05) is 37.7 Å². The SMILES string of the molecule is COc1ccc(C2C3=C(OC4CCCCC4C3=O)C(=O)N2c2nnc(C(C)C)s2)cc1OC. The van der Waals surface area contributed by atoms with Gasteiger partial charge < -0.3 is 14.2 Å². The maximum atomic E-state index is 13.7. The molecule has 3 aliphatic rings. The molecule has 3 heterocycles. The van der Waals surface area contributed by atoms with Crippen LogP contribution >= 0.6 is 11.3 Å². The van der Waals surface area contributed by atoms with E-state index in [0.717, 1.165) is 36.3 Å². The summed E-state index contributed by atoms with van der Waals surface area (Å²) in [7, 11) is 3.13. The molecule has 33 heavy (non-hydrogen) atoms. The molecular weight excluding hydrogens is 442 g/mol. The zero-order valence-corrected chi connectivity index (χ0v) is 20.0. The Hall–Kier alpha value is -2.94. The second-order valence-electron chi connectivity index (χ2n) is 8.92. The first-order chi connectivity index (χ1) is 15.9. The molecule has 0 saturated heterocycles. The van der Waals surface area contributed by atoms with Crippen LogP contribution in [0.25, 0.3) is 0 Å². The fourth-order valence-electron chi connectivity index (χ4n) is 4.94. The van der Waals surface area contributed by atoms with Crippen LogP contribution in [0, 0.1) is 5.92 Å². The summed E-state index contributed by atoms with van der Waals surface area (Å²) in [5, 5.41) is 9.88. The largest absolute Gasteiger partial charge is 0.493 e. The number of Topliss-reactive ketones (excluding diaryl/α,β-unsaturated/α-hetero) is 1. The van der Waals surface area contributed by atoms with Gasteiger partial charge in [-0.05, 0) is 37.0 Å². The van der Waals surface area contributed by atoms with Gasteiger partial charge in [-0.15, -0.1) is 10.2 Å². The van der Waals surface area contributed by atoms with Crippen molar-refractivity contribution in [2.24, 2.45) is 5.92 Å². The molecule has 1 fully saturated rings. The highest BCUT2D eigenvalue weighted by Crippen LogP contribution is 2.49. The Morgan fingerprint density at radius 1 is 1.09 bits per heavy atom. The molecule has 2 aromatic rings. The maximum absolute atomic E-state index is 13.7. The molecule has 3 unspecified atom stereocenters. The van der Waals surface area contributed by atoms with Gasteiger partial charge in [-0.3, -0.25) is 14.5 Å². The van der Waals surface area contributed by atoms with Crippen LogP contribution in [0.3, 0.4) is 0 Å². The third-order valence-electron chi connectivity index (χ3n) is 6.62. The van der Waals surface area contributed by atoms with Crippen molar-refractivity contribution in [1.82, 2.24) is 10.2 Å². The number of hydrogen-bond donors (Lipinski definition) is 0. The Bertz CT molecular complexity index is 1140. The summed E-state index contributed by atoms with van der Waals surface area (Å²) >= 11 is 1.36. The normalized spacial score (nSPS) is 24.6. The van der Waals surface area contributed by atoms with Crippen LogP contribution in [0.4, 0.5) is 5.13 Å². The third-order valence-corrected chi connectivity index (χ3v) is 7.84. The zero-order chi connectivity index (χ0) is 23.3. The minimum absolute atomic E-state index is 0.00480. The standard InChI is InChI=1S/C24H27N3O5S/c1-12(2)22-25-26-24(33-22)27-19(13-9-10-16(30-3)17(11-13)31-4)18-20(28)14-7-5-6-8-15(14)32-21(18)23(27)29/h9-12,14-15,19H,5-8H2,1-4H3. The summed E-state index contributed by atoms with van der Waals surface area (Å²) in [5.74, 6) is 0.882. The Morgan fingerprint density at radius 2 is 1.85 bits per heavy atom. The molecule has 1 aromatic heterocycles. The molecule has 1 amide bonds. The van der Waals surface area contributed by atoms with Gasteiger partial charge in [0, 0.05) is 5.92 Å². The Morgan fingerprint density at radius 3 is 2.55 bits per heavy atom. The summed E-state index contributed by atoms with van der Waals surface area (Å²) in [6.07, 6.45) is 3.33. The summed E-state index contributed by atoms with van der Waals surface area (Å²) in [4.78, 5) is 29.0. The van der Waals surface area contributed by atoms with E-state index < -0.39 is 6.04 Å². The number of rotatable bonds is 5. The van der Waals surface area contributed by atoms with Crippen molar-refractivity contribution < 1.29 is 23.8 Å². The number of benzene rings is 1. The lowest BCUT2D eigenvalue weighted by Gasteiger charge is -2.35. The van der Waals surface area contributed by atoms with Crippen molar-refractivity contribution >= 4 is 28.2 Å². The molecule has 3 atom stereocenters. The molecule has 8 nitrogen and oxygen atoms in total. The van der Waals surface area contributed by atoms with E-state index in [1.807, 2.05) is 26.0 Å². The predicted molar refractivity (Wildman–Crippen MR) is 123 cm³/mol. The quantitative estimate of drug-likeness (QED) is 0.649. The molecule has 9 heteroatoms. The van der Waals surface area contributed by atoms with Crippen molar-refractivity contribution in [2.75, 3.05) is 19.1 Å². The Kier molecular flexibility index (Phi) is 5.60. The van der Waals surface area contributed by atoms with Crippen molar-refractivity contribution in [2.45, 2.75) is 57.6 Å². The zero-order valence-electron chi connectivity index (χ0n) is 19.2. The lowest BCUT2D eigenvalue weighted by molar-refractivity contribution is -0.131. The average Bonchev–Trinajstić information content (AvgIpc) is 3.42. The van der Waals surface area contributed by atoms with Crippen molar-refractivity contribution in [3.05, 3.63) is 40.1 Å². The van der Waals surface area contributed by atoms with Crippen LogP contribution < -0.4 is 14.4 Å². The van der Waals surface area contributed by atoms with Crippen molar-refractivity contribution in [1.29, 1.82) is 0 Å². The van der Waals surface area contributed by atoms with E-state index in [2.05, 4.69) is 10.2 Å². The monoisotopic (exact) mass is 469 g/mol. The number of methoxy groups -OCH3 is 2. The number of hydrogen-bond acceptors (Lipinski definition) is 8. The summed E-state index contributed by atoms with van der Waals surface area (Å²) in [6.45, 7) is 4.06. The van der Waals surface area contributed by atoms with Gasteiger partial charge in [-0.25, -0.2) is 0 Å². The number of carbonyl (C=O) groups is 2. The molecule has 174 valence electrons. The number of ether oxygens (including phenoxy) is 3. The van der Waals surface area contributed by atoms with E-state index >= 15 is 0 Å². The van der Waals surface area contributed by atoms with Crippen molar-refractivity contribution in [3.8, 4) is 11.5 Å². The first-order valence-electron chi connectivity index (χ1n) is 11.3. The molecule has 1 saturated carbocycles. The number of carbonyl (C=O) groups excluding carboxylic acids is 2. The molecular formula is C24H27N3O5S. The molecule has 5 rings (SSSR count). The lowest BCUT2D eigenvalue weighted by Crippen LogP contribution is -2.39. The number of ketones is 1. The number of nitrogens with zero attached hydrogens (tertiary/aromatic N) is 3. The highest BCUT2D eigenvalue weighted by molar-refractivity contribution is 7.15. The van der Waals surface area contributed by atoms with Crippen LogP contribution in [-0.4, -0.2) is 42.2 Å². The highest BCUT2D eigenvalue weighted by Gasteiger charge is 2.53. The average molecular weight is 470 g/mol. The molecule has 2 aliphatic heterocycles. The highest BCUT2D eigenvalue weighted by atomic mass is 32.1.